The number of aliphatic hydroxyl groups is 2. The van der Waals surface area contributed by atoms with Gasteiger partial charge in [-0.3, -0.25) is 0 Å². The van der Waals surface area contributed by atoms with E-state index in [-0.39, 0.29) is 6.61 Å². The van der Waals surface area contributed by atoms with Crippen LogP contribution in [0.1, 0.15) is 12.8 Å². The van der Waals surface area contributed by atoms with Crippen molar-refractivity contribution in [3.63, 3.8) is 0 Å². The van der Waals surface area contributed by atoms with Crippen molar-refractivity contribution in [1.82, 2.24) is 0 Å². The Labute approximate surface area is 49.5 Å². The van der Waals surface area contributed by atoms with Crippen LogP contribution in [0.15, 0.2) is 12.7 Å². The van der Waals surface area contributed by atoms with Crippen molar-refractivity contribution >= 4 is 0 Å². The number of aliphatic hydroxyl groups excluding tert-OH is 2. The molecule has 2 nitrogen and oxygen atoms in total. The molecule has 0 unspecified atom stereocenters. The lowest BCUT2D eigenvalue weighted by Gasteiger charge is -2.02. The minimum absolute atomic E-state index is 0.0506. The van der Waals surface area contributed by atoms with Gasteiger partial charge in [-0.15, -0.1) is 6.58 Å². The van der Waals surface area contributed by atoms with E-state index >= 15 is 0 Å². The molecule has 0 heterocycles. The molecule has 8 heavy (non-hydrogen) atoms. The van der Waals surface area contributed by atoms with Crippen LogP contribution in [0, 0.1) is 0 Å². The fourth-order valence-electron chi connectivity index (χ4n) is 0.459. The molecule has 0 aromatic heterocycles. The van der Waals surface area contributed by atoms with E-state index in [2.05, 4.69) is 6.58 Å². The Hall–Kier alpha value is -0.340. The van der Waals surface area contributed by atoms with Gasteiger partial charge in [0.25, 0.3) is 0 Å². The Morgan fingerprint density at radius 2 is 2.25 bits per heavy atom. The van der Waals surface area contributed by atoms with E-state index in [1.807, 2.05) is 0 Å². The minimum atomic E-state index is -0.405. The number of hydrogen-bond acceptors (Lipinski definition) is 2. The summed E-state index contributed by atoms with van der Waals surface area (Å²) in [7, 11) is 0. The lowest BCUT2D eigenvalue weighted by molar-refractivity contribution is 0.135. The fraction of sp³-hybridized carbons (Fsp3) is 0.667. The van der Waals surface area contributed by atoms with Gasteiger partial charge in [-0.1, -0.05) is 6.08 Å². The van der Waals surface area contributed by atoms with Gasteiger partial charge in [0.15, 0.2) is 0 Å². The number of rotatable bonds is 4. The van der Waals surface area contributed by atoms with Crippen LogP contribution in [0.2, 0.25) is 0 Å². The maximum atomic E-state index is 8.82. The second-order valence-electron chi connectivity index (χ2n) is 1.69. The summed E-state index contributed by atoms with van der Waals surface area (Å²) in [5, 5.41) is 17.1. The van der Waals surface area contributed by atoms with Gasteiger partial charge < -0.3 is 10.2 Å². The van der Waals surface area contributed by atoms with E-state index in [0.717, 1.165) is 0 Å². The molecule has 0 bridgehead atoms. The van der Waals surface area contributed by atoms with E-state index in [1.54, 1.807) is 6.08 Å². The van der Waals surface area contributed by atoms with Crippen LogP contribution in [-0.2, 0) is 0 Å². The molecule has 0 aromatic rings. The Balaban J connectivity index is 3.03. The summed E-state index contributed by atoms with van der Waals surface area (Å²) in [6.07, 6.45) is 2.25. The molecule has 0 amide bonds. The molecule has 0 fully saturated rings. The molecular weight excluding hydrogens is 104 g/mol. The van der Waals surface area contributed by atoms with E-state index in [1.165, 1.54) is 0 Å². The Kier molecular flexibility index (Phi) is 4.61. The van der Waals surface area contributed by atoms with Crippen LogP contribution in [0.5, 0.6) is 0 Å². The lowest BCUT2D eigenvalue weighted by atomic mass is 10.2. The molecule has 2 heteroatoms. The first-order valence-electron chi connectivity index (χ1n) is 2.71. The molecule has 0 aliphatic heterocycles. The molecule has 1 atom stereocenters. The summed E-state index contributed by atoms with van der Waals surface area (Å²) >= 11 is 0. The van der Waals surface area contributed by atoms with Gasteiger partial charge in [0.2, 0.25) is 0 Å². The smallest absolute Gasteiger partial charge is 0.0596 e. The highest BCUT2D eigenvalue weighted by Gasteiger charge is 1.97. The number of hydrogen-bond donors (Lipinski definition) is 2. The average molecular weight is 116 g/mol. The zero-order chi connectivity index (χ0) is 6.41. The van der Waals surface area contributed by atoms with Crippen LogP contribution in [0.4, 0.5) is 0 Å². The third-order valence-corrected chi connectivity index (χ3v) is 0.901. The topological polar surface area (TPSA) is 40.5 Å². The molecule has 0 spiro atoms. The second kappa shape index (κ2) is 4.81. The van der Waals surface area contributed by atoms with Gasteiger partial charge in [0, 0.05) is 6.61 Å². The Morgan fingerprint density at radius 3 is 2.62 bits per heavy atom. The summed E-state index contributed by atoms with van der Waals surface area (Å²) in [5.74, 6) is 0. The van der Waals surface area contributed by atoms with Gasteiger partial charge in [0.1, 0.15) is 0 Å². The maximum Gasteiger partial charge on any atom is 0.0596 e. The Morgan fingerprint density at radius 1 is 1.62 bits per heavy atom. The van der Waals surface area contributed by atoms with Crippen LogP contribution < -0.4 is 0 Å². The molecule has 0 rings (SSSR count). The van der Waals surface area contributed by atoms with Crippen molar-refractivity contribution in [2.75, 3.05) is 6.61 Å². The molecule has 48 valence electrons. The lowest BCUT2D eigenvalue weighted by Crippen LogP contribution is -2.06. The highest BCUT2D eigenvalue weighted by Crippen LogP contribution is 1.95. The average Bonchev–Trinajstić information content (AvgIpc) is 1.68. The largest absolute Gasteiger partial charge is 0.396 e. The molecule has 0 aromatic carbocycles. The first-order valence-corrected chi connectivity index (χ1v) is 2.71. The van der Waals surface area contributed by atoms with Crippen LogP contribution in [0.3, 0.4) is 0 Å². The first kappa shape index (κ1) is 7.66. The summed E-state index contributed by atoms with van der Waals surface area (Å²) < 4.78 is 0. The van der Waals surface area contributed by atoms with Gasteiger partial charge in [-0.05, 0) is 12.8 Å². The molecule has 0 aliphatic rings. The fourth-order valence-corrected chi connectivity index (χ4v) is 0.459. The molecule has 0 radical (unpaired) electrons. The monoisotopic (exact) mass is 116 g/mol. The minimum Gasteiger partial charge on any atom is -0.396 e. The third kappa shape index (κ3) is 3.84. The summed E-state index contributed by atoms with van der Waals surface area (Å²) in [6.45, 7) is 3.49. The van der Waals surface area contributed by atoms with Gasteiger partial charge in [0.05, 0.1) is 6.10 Å². The van der Waals surface area contributed by atoms with Crippen LogP contribution in [-0.4, -0.2) is 22.9 Å². The van der Waals surface area contributed by atoms with Crippen molar-refractivity contribution in [1.29, 1.82) is 0 Å². The Bertz CT molecular complexity index is 61.5. The van der Waals surface area contributed by atoms with Crippen molar-refractivity contribution in [2.24, 2.45) is 0 Å². The second-order valence-corrected chi connectivity index (χ2v) is 1.69. The van der Waals surface area contributed by atoms with E-state index in [0.29, 0.717) is 12.8 Å². The highest BCUT2D eigenvalue weighted by molar-refractivity contribution is 4.71. The zero-order valence-corrected chi connectivity index (χ0v) is 4.88. The van der Waals surface area contributed by atoms with Crippen LogP contribution in [0.25, 0.3) is 0 Å². The van der Waals surface area contributed by atoms with Crippen molar-refractivity contribution in [3.05, 3.63) is 12.7 Å². The molecule has 0 saturated carbocycles. The highest BCUT2D eigenvalue weighted by atomic mass is 16.3. The van der Waals surface area contributed by atoms with Crippen molar-refractivity contribution in [2.45, 2.75) is 18.9 Å². The van der Waals surface area contributed by atoms with Gasteiger partial charge in [-0.25, -0.2) is 0 Å². The predicted octanol–water partition coefficient (Wildman–Crippen LogP) is 0.306. The maximum absolute atomic E-state index is 8.82. The summed E-state index contributed by atoms with van der Waals surface area (Å²) in [5.41, 5.74) is 0. The molecule has 2 N–H and O–H groups in total. The van der Waals surface area contributed by atoms with Crippen molar-refractivity contribution in [3.8, 4) is 0 Å². The molecular formula is C6H12O2. The third-order valence-electron chi connectivity index (χ3n) is 0.901. The first-order chi connectivity index (χ1) is 3.81. The van der Waals surface area contributed by atoms with Gasteiger partial charge >= 0.3 is 0 Å². The van der Waals surface area contributed by atoms with Crippen LogP contribution >= 0.6 is 0 Å². The van der Waals surface area contributed by atoms with Gasteiger partial charge in [-0.2, -0.15) is 0 Å². The zero-order valence-electron chi connectivity index (χ0n) is 4.88. The normalized spacial score (nSPS) is 13.2. The molecule has 0 aliphatic carbocycles. The van der Waals surface area contributed by atoms with Crippen molar-refractivity contribution < 1.29 is 10.2 Å². The molecule has 0 saturated heterocycles. The quantitative estimate of drug-likeness (QED) is 0.519. The van der Waals surface area contributed by atoms with E-state index < -0.39 is 6.10 Å². The SMILES string of the molecule is C=CC[C@@H](O)CCO. The summed E-state index contributed by atoms with van der Waals surface area (Å²) in [6, 6.07) is 0. The standard InChI is InChI=1S/C6H12O2/c1-2-3-6(8)4-5-7/h2,6-8H,1,3-5H2/t6-/m1/s1. The predicted molar refractivity (Wildman–Crippen MR) is 32.5 cm³/mol. The summed E-state index contributed by atoms with van der Waals surface area (Å²) in [4.78, 5) is 0. The van der Waals surface area contributed by atoms with E-state index in [4.69, 9.17) is 10.2 Å². The van der Waals surface area contributed by atoms with E-state index in [9.17, 15) is 0 Å².